The van der Waals surface area contributed by atoms with Gasteiger partial charge in [0.1, 0.15) is 0 Å². The van der Waals surface area contributed by atoms with Gasteiger partial charge in [0.25, 0.3) is 0 Å². The Bertz CT molecular complexity index is 418. The molecule has 0 aromatic heterocycles. The predicted molar refractivity (Wildman–Crippen MR) is 64.4 cm³/mol. The van der Waals surface area contributed by atoms with Gasteiger partial charge in [-0.1, -0.05) is 24.6 Å². The van der Waals surface area contributed by atoms with E-state index in [1.807, 2.05) is 0 Å². The van der Waals surface area contributed by atoms with Crippen molar-refractivity contribution in [1.29, 1.82) is 0 Å². The minimum Gasteiger partial charge on any atom is -0.259 e. The molecule has 0 amide bonds. The number of allylic oxidation sites excluding steroid dienone is 1. The van der Waals surface area contributed by atoms with E-state index in [4.69, 9.17) is 11.6 Å². The summed E-state index contributed by atoms with van der Waals surface area (Å²) in [5.41, 5.74) is 0.908. The van der Waals surface area contributed by atoms with Crippen molar-refractivity contribution in [1.82, 2.24) is 0 Å². The number of benzene rings is 1. The van der Waals surface area contributed by atoms with E-state index in [1.165, 1.54) is 6.08 Å². The van der Waals surface area contributed by atoms with Crippen LogP contribution in [0.25, 0.3) is 6.08 Å². The quantitative estimate of drug-likeness (QED) is 0.620. The largest absolute Gasteiger partial charge is 0.259 e. The molecule has 0 saturated heterocycles. The van der Waals surface area contributed by atoms with Crippen LogP contribution in [0.4, 0.5) is 0 Å². The van der Waals surface area contributed by atoms with Crippen LogP contribution >= 0.6 is 27.5 Å². The summed E-state index contributed by atoms with van der Waals surface area (Å²) in [6, 6.07) is 5.22. The molecule has 0 saturated carbocycles. The zero-order valence-electron chi connectivity index (χ0n) is 8.04. The molecule has 0 radical (unpaired) electrons. The number of hydrogen-bond acceptors (Lipinski definition) is 2. The minimum absolute atomic E-state index is 0.174. The maximum absolute atomic E-state index is 10.6. The lowest BCUT2D eigenvalue weighted by atomic mass is 10.2. The van der Waals surface area contributed by atoms with Gasteiger partial charge in [0.15, 0.2) is 0 Å². The molecule has 1 aromatic rings. The SMILES string of the molecule is CC/C(=C/c1ccc(Br)c(Cl)c1)[N+](=O)[O-]. The molecule has 0 spiro atoms. The van der Waals surface area contributed by atoms with Gasteiger partial charge < -0.3 is 0 Å². The van der Waals surface area contributed by atoms with E-state index in [0.717, 1.165) is 10.0 Å². The molecule has 1 rings (SSSR count). The van der Waals surface area contributed by atoms with Crippen molar-refractivity contribution in [2.45, 2.75) is 13.3 Å². The van der Waals surface area contributed by atoms with Crippen LogP contribution in [0.2, 0.25) is 5.02 Å². The van der Waals surface area contributed by atoms with Crippen LogP contribution < -0.4 is 0 Å². The number of nitro groups is 1. The zero-order valence-corrected chi connectivity index (χ0v) is 10.4. The van der Waals surface area contributed by atoms with Crippen LogP contribution in [0.15, 0.2) is 28.4 Å². The lowest BCUT2D eigenvalue weighted by Gasteiger charge is -1.98. The van der Waals surface area contributed by atoms with Gasteiger partial charge in [-0.3, -0.25) is 10.1 Å². The molecule has 0 fully saturated rings. The fourth-order valence-corrected chi connectivity index (χ4v) is 1.51. The number of nitrogens with zero attached hydrogens (tertiary/aromatic N) is 1. The van der Waals surface area contributed by atoms with Crippen molar-refractivity contribution >= 4 is 33.6 Å². The number of hydrogen-bond donors (Lipinski definition) is 0. The molecule has 5 heteroatoms. The second kappa shape index (κ2) is 5.28. The molecule has 0 aliphatic heterocycles. The standard InChI is InChI=1S/C10H9BrClNO2/c1-2-8(13(14)15)5-7-3-4-9(11)10(12)6-7/h3-6H,2H2,1H3/b8-5-. The normalized spacial score (nSPS) is 11.5. The Morgan fingerprint density at radius 3 is 2.80 bits per heavy atom. The summed E-state index contributed by atoms with van der Waals surface area (Å²) in [5.74, 6) is 0. The Morgan fingerprint density at radius 2 is 2.33 bits per heavy atom. The molecular weight excluding hydrogens is 281 g/mol. The van der Waals surface area contributed by atoms with Gasteiger partial charge in [-0.15, -0.1) is 0 Å². The fraction of sp³-hybridized carbons (Fsp3) is 0.200. The zero-order chi connectivity index (χ0) is 11.4. The van der Waals surface area contributed by atoms with Crippen molar-refractivity contribution in [2.75, 3.05) is 0 Å². The Kier molecular flexibility index (Phi) is 4.29. The third-order valence-electron chi connectivity index (χ3n) is 1.87. The summed E-state index contributed by atoms with van der Waals surface area (Å²) in [4.78, 5) is 10.2. The second-order valence-corrected chi connectivity index (χ2v) is 4.18. The molecule has 80 valence electrons. The summed E-state index contributed by atoms with van der Waals surface area (Å²) in [6.07, 6.45) is 1.92. The van der Waals surface area contributed by atoms with E-state index in [1.54, 1.807) is 25.1 Å². The molecule has 1 aromatic carbocycles. The van der Waals surface area contributed by atoms with Crippen molar-refractivity contribution in [2.24, 2.45) is 0 Å². The van der Waals surface area contributed by atoms with Gasteiger partial charge >= 0.3 is 0 Å². The molecule has 0 atom stereocenters. The highest BCUT2D eigenvalue weighted by atomic mass is 79.9. The summed E-state index contributed by atoms with van der Waals surface area (Å²) in [6.45, 7) is 1.75. The third-order valence-corrected chi connectivity index (χ3v) is 3.11. The first kappa shape index (κ1) is 12.2. The second-order valence-electron chi connectivity index (χ2n) is 2.92. The molecule has 0 aliphatic carbocycles. The Balaban J connectivity index is 3.07. The Hall–Kier alpha value is -0.870. The Morgan fingerprint density at radius 1 is 1.67 bits per heavy atom. The smallest absolute Gasteiger partial charge is 0.246 e. The van der Waals surface area contributed by atoms with Gasteiger partial charge in [-0.25, -0.2) is 0 Å². The maximum Gasteiger partial charge on any atom is 0.246 e. The number of halogens is 2. The molecule has 0 N–H and O–H groups in total. The van der Waals surface area contributed by atoms with E-state index in [-0.39, 0.29) is 10.6 Å². The van der Waals surface area contributed by atoms with Crippen LogP contribution in [0, 0.1) is 10.1 Å². The molecular formula is C10H9BrClNO2. The maximum atomic E-state index is 10.6. The summed E-state index contributed by atoms with van der Waals surface area (Å²) < 4.78 is 0.778. The van der Waals surface area contributed by atoms with Gasteiger partial charge in [-0.05, 0) is 33.6 Å². The van der Waals surface area contributed by atoms with Crippen LogP contribution in [0.3, 0.4) is 0 Å². The Labute approximate surface area is 101 Å². The van der Waals surface area contributed by atoms with Gasteiger partial charge in [-0.2, -0.15) is 0 Å². The molecule has 0 aliphatic rings. The first-order valence-corrected chi connectivity index (χ1v) is 5.51. The molecule has 0 unspecified atom stereocenters. The lowest BCUT2D eigenvalue weighted by Crippen LogP contribution is -1.96. The number of rotatable bonds is 3. The van der Waals surface area contributed by atoms with E-state index in [0.29, 0.717) is 11.4 Å². The highest BCUT2D eigenvalue weighted by molar-refractivity contribution is 9.10. The van der Waals surface area contributed by atoms with E-state index in [2.05, 4.69) is 15.9 Å². The van der Waals surface area contributed by atoms with Crippen molar-refractivity contribution < 1.29 is 4.92 Å². The minimum atomic E-state index is -0.379. The van der Waals surface area contributed by atoms with Crippen LogP contribution in [-0.4, -0.2) is 4.92 Å². The van der Waals surface area contributed by atoms with Crippen molar-refractivity contribution in [3.05, 3.63) is 49.1 Å². The fourth-order valence-electron chi connectivity index (χ4n) is 1.08. The van der Waals surface area contributed by atoms with E-state index in [9.17, 15) is 10.1 Å². The van der Waals surface area contributed by atoms with Gasteiger partial charge in [0.2, 0.25) is 5.70 Å². The summed E-state index contributed by atoms with van der Waals surface area (Å²) >= 11 is 9.13. The van der Waals surface area contributed by atoms with E-state index < -0.39 is 0 Å². The molecule has 15 heavy (non-hydrogen) atoms. The van der Waals surface area contributed by atoms with Crippen LogP contribution in [0.1, 0.15) is 18.9 Å². The summed E-state index contributed by atoms with van der Waals surface area (Å²) in [7, 11) is 0. The summed E-state index contributed by atoms with van der Waals surface area (Å²) in [5, 5.41) is 11.1. The molecule has 0 heterocycles. The predicted octanol–water partition coefficient (Wildman–Crippen LogP) is 4.13. The van der Waals surface area contributed by atoms with Gasteiger partial charge in [0, 0.05) is 17.0 Å². The first-order chi connectivity index (χ1) is 7.04. The van der Waals surface area contributed by atoms with Gasteiger partial charge in [0.05, 0.1) is 9.95 Å². The topological polar surface area (TPSA) is 43.1 Å². The average Bonchev–Trinajstić information content (AvgIpc) is 2.19. The van der Waals surface area contributed by atoms with Crippen molar-refractivity contribution in [3.8, 4) is 0 Å². The van der Waals surface area contributed by atoms with Crippen molar-refractivity contribution in [3.63, 3.8) is 0 Å². The monoisotopic (exact) mass is 289 g/mol. The molecule has 3 nitrogen and oxygen atoms in total. The average molecular weight is 291 g/mol. The highest BCUT2D eigenvalue weighted by Crippen LogP contribution is 2.24. The van der Waals surface area contributed by atoms with Crippen LogP contribution in [-0.2, 0) is 0 Å². The van der Waals surface area contributed by atoms with Crippen LogP contribution in [0.5, 0.6) is 0 Å². The van der Waals surface area contributed by atoms with E-state index >= 15 is 0 Å². The molecule has 0 bridgehead atoms. The third kappa shape index (κ3) is 3.32. The first-order valence-electron chi connectivity index (χ1n) is 4.34. The highest BCUT2D eigenvalue weighted by Gasteiger charge is 2.07. The lowest BCUT2D eigenvalue weighted by molar-refractivity contribution is -0.425.